The second-order valence-electron chi connectivity index (χ2n) is 5.33. The average Bonchev–Trinajstić information content (AvgIpc) is 2.83. The Morgan fingerprint density at radius 3 is 2.68 bits per heavy atom. The molecule has 118 valence electrons. The first kappa shape index (κ1) is 16.2. The van der Waals surface area contributed by atoms with E-state index in [0.717, 1.165) is 11.1 Å². The standard InChI is InChI=1S/C15H18N2O4S/c1-11-3-2-4-12(9-11)5-6-14(18)16-17-15(19)13-7-8-22(20,21)10-13/h2-6,9,13H,7-8,10H2,1H3,(H,16,18)(H,17,19)/b6-5+/t13-/m1/s1. The molecule has 2 rings (SSSR count). The van der Waals surface area contributed by atoms with Gasteiger partial charge in [-0.2, -0.15) is 0 Å². The number of sulfone groups is 1. The van der Waals surface area contributed by atoms with Gasteiger partial charge in [-0.15, -0.1) is 0 Å². The van der Waals surface area contributed by atoms with Crippen LogP contribution in [0.4, 0.5) is 0 Å². The van der Waals surface area contributed by atoms with E-state index in [4.69, 9.17) is 0 Å². The van der Waals surface area contributed by atoms with Crippen LogP contribution in [0.25, 0.3) is 6.08 Å². The third-order valence-corrected chi connectivity index (χ3v) is 5.15. The lowest BCUT2D eigenvalue weighted by molar-refractivity contribution is -0.129. The highest BCUT2D eigenvalue weighted by molar-refractivity contribution is 7.91. The van der Waals surface area contributed by atoms with Crippen molar-refractivity contribution >= 4 is 27.7 Å². The monoisotopic (exact) mass is 322 g/mol. The molecule has 1 aromatic rings. The molecule has 2 N–H and O–H groups in total. The number of hydrogen-bond acceptors (Lipinski definition) is 4. The van der Waals surface area contributed by atoms with E-state index >= 15 is 0 Å². The molecule has 0 aliphatic carbocycles. The smallest absolute Gasteiger partial charge is 0.262 e. The fourth-order valence-corrected chi connectivity index (χ4v) is 3.96. The van der Waals surface area contributed by atoms with Crippen LogP contribution in [-0.2, 0) is 19.4 Å². The third-order valence-electron chi connectivity index (χ3n) is 3.38. The summed E-state index contributed by atoms with van der Waals surface area (Å²) < 4.78 is 22.6. The third kappa shape index (κ3) is 4.70. The number of nitrogens with one attached hydrogen (secondary N) is 2. The molecule has 22 heavy (non-hydrogen) atoms. The number of hydrogen-bond donors (Lipinski definition) is 2. The van der Waals surface area contributed by atoms with Crippen LogP contribution >= 0.6 is 0 Å². The van der Waals surface area contributed by atoms with Crippen LogP contribution in [-0.4, -0.2) is 31.7 Å². The highest BCUT2D eigenvalue weighted by Crippen LogP contribution is 2.17. The van der Waals surface area contributed by atoms with E-state index in [1.54, 1.807) is 6.08 Å². The predicted molar refractivity (Wildman–Crippen MR) is 83.3 cm³/mol. The SMILES string of the molecule is Cc1cccc(/C=C/C(=O)NNC(=O)[C@@H]2CCS(=O)(=O)C2)c1. The van der Waals surface area contributed by atoms with E-state index in [1.807, 2.05) is 31.2 Å². The number of carbonyl (C=O) groups excluding carboxylic acids is 2. The molecule has 6 nitrogen and oxygen atoms in total. The lowest BCUT2D eigenvalue weighted by atomic mass is 10.1. The maximum absolute atomic E-state index is 11.7. The summed E-state index contributed by atoms with van der Waals surface area (Å²) in [5.74, 6) is -1.68. The summed E-state index contributed by atoms with van der Waals surface area (Å²) in [4.78, 5) is 23.4. The van der Waals surface area contributed by atoms with Crippen molar-refractivity contribution in [1.82, 2.24) is 10.9 Å². The second-order valence-corrected chi connectivity index (χ2v) is 7.55. The minimum absolute atomic E-state index is 0.0201. The van der Waals surface area contributed by atoms with Crippen LogP contribution < -0.4 is 10.9 Å². The zero-order chi connectivity index (χ0) is 16.2. The topological polar surface area (TPSA) is 92.3 Å². The van der Waals surface area contributed by atoms with Crippen molar-refractivity contribution in [2.24, 2.45) is 5.92 Å². The van der Waals surface area contributed by atoms with E-state index in [2.05, 4.69) is 10.9 Å². The van der Waals surface area contributed by atoms with E-state index in [9.17, 15) is 18.0 Å². The zero-order valence-corrected chi connectivity index (χ0v) is 13.0. The number of aryl methyl sites for hydroxylation is 1. The highest BCUT2D eigenvalue weighted by Gasteiger charge is 2.32. The molecule has 1 aromatic carbocycles. The van der Waals surface area contributed by atoms with Crippen molar-refractivity contribution in [2.45, 2.75) is 13.3 Å². The van der Waals surface area contributed by atoms with Gasteiger partial charge in [0.1, 0.15) is 0 Å². The Labute approximate surface area is 129 Å². The fourth-order valence-electron chi connectivity index (χ4n) is 2.21. The molecule has 1 aliphatic heterocycles. The lowest BCUT2D eigenvalue weighted by Gasteiger charge is -2.09. The van der Waals surface area contributed by atoms with Crippen molar-refractivity contribution in [3.05, 3.63) is 41.5 Å². The summed E-state index contributed by atoms with van der Waals surface area (Å²) >= 11 is 0. The molecule has 1 fully saturated rings. The average molecular weight is 322 g/mol. The Hall–Kier alpha value is -2.15. The molecule has 0 unspecified atom stereocenters. The Morgan fingerprint density at radius 2 is 2.05 bits per heavy atom. The van der Waals surface area contributed by atoms with Crippen LogP contribution in [0.5, 0.6) is 0 Å². The molecule has 0 aromatic heterocycles. The van der Waals surface area contributed by atoms with Gasteiger partial charge in [0.05, 0.1) is 17.4 Å². The van der Waals surface area contributed by atoms with Crippen LogP contribution in [0.1, 0.15) is 17.5 Å². The summed E-state index contributed by atoms with van der Waals surface area (Å²) in [6, 6.07) is 7.62. The fraction of sp³-hybridized carbons (Fsp3) is 0.333. The Morgan fingerprint density at radius 1 is 1.27 bits per heavy atom. The van der Waals surface area contributed by atoms with Crippen molar-refractivity contribution in [1.29, 1.82) is 0 Å². The first-order valence-corrected chi connectivity index (χ1v) is 8.73. The summed E-state index contributed by atoms with van der Waals surface area (Å²) in [5, 5.41) is 0. The molecule has 7 heteroatoms. The van der Waals surface area contributed by atoms with Crippen molar-refractivity contribution in [3.8, 4) is 0 Å². The van der Waals surface area contributed by atoms with Gasteiger partial charge < -0.3 is 0 Å². The molecule has 0 bridgehead atoms. The largest absolute Gasteiger partial charge is 0.273 e. The molecule has 0 saturated carbocycles. The van der Waals surface area contributed by atoms with Gasteiger partial charge in [0.2, 0.25) is 5.91 Å². The van der Waals surface area contributed by atoms with Crippen LogP contribution in [0.2, 0.25) is 0 Å². The number of benzene rings is 1. The minimum atomic E-state index is -3.12. The normalized spacial score (nSPS) is 20.0. The van der Waals surface area contributed by atoms with Gasteiger partial charge >= 0.3 is 0 Å². The van der Waals surface area contributed by atoms with E-state index in [1.165, 1.54) is 6.08 Å². The van der Waals surface area contributed by atoms with Crippen molar-refractivity contribution in [3.63, 3.8) is 0 Å². The number of hydrazine groups is 1. The van der Waals surface area contributed by atoms with E-state index in [-0.39, 0.29) is 11.5 Å². The molecule has 2 amide bonds. The summed E-state index contributed by atoms with van der Waals surface area (Å²) in [6.45, 7) is 1.95. The quantitative estimate of drug-likeness (QED) is 0.629. The molecule has 1 saturated heterocycles. The summed E-state index contributed by atoms with van der Waals surface area (Å²) in [7, 11) is -3.12. The molecule has 0 radical (unpaired) electrons. The van der Waals surface area contributed by atoms with Crippen molar-refractivity contribution in [2.75, 3.05) is 11.5 Å². The van der Waals surface area contributed by atoms with Crippen LogP contribution in [0, 0.1) is 12.8 Å². The van der Waals surface area contributed by atoms with Gasteiger partial charge in [-0.25, -0.2) is 8.42 Å². The summed E-state index contributed by atoms with van der Waals surface area (Å²) in [5.41, 5.74) is 6.47. The van der Waals surface area contributed by atoms with Crippen LogP contribution in [0.15, 0.2) is 30.3 Å². The number of carbonyl (C=O) groups is 2. The van der Waals surface area contributed by atoms with Crippen LogP contribution in [0.3, 0.4) is 0 Å². The maximum atomic E-state index is 11.7. The van der Waals surface area contributed by atoms with E-state index < -0.39 is 27.6 Å². The van der Waals surface area contributed by atoms with Gasteiger partial charge in [0.25, 0.3) is 5.91 Å². The molecular weight excluding hydrogens is 304 g/mol. The number of rotatable bonds is 3. The number of amides is 2. The zero-order valence-electron chi connectivity index (χ0n) is 12.2. The molecule has 1 aliphatic rings. The first-order valence-electron chi connectivity index (χ1n) is 6.91. The Balaban J connectivity index is 1.82. The Kier molecular flexibility index (Phi) is 4.97. The first-order chi connectivity index (χ1) is 10.4. The molecule has 1 atom stereocenters. The van der Waals surface area contributed by atoms with Gasteiger partial charge in [0.15, 0.2) is 9.84 Å². The van der Waals surface area contributed by atoms with Gasteiger partial charge in [-0.1, -0.05) is 29.8 Å². The molecular formula is C15H18N2O4S. The predicted octanol–water partition coefficient (Wildman–Crippen LogP) is 0.590. The lowest BCUT2D eigenvalue weighted by Crippen LogP contribution is -2.44. The van der Waals surface area contributed by atoms with Gasteiger partial charge in [0, 0.05) is 6.08 Å². The highest BCUT2D eigenvalue weighted by atomic mass is 32.2. The second kappa shape index (κ2) is 6.74. The van der Waals surface area contributed by atoms with Gasteiger partial charge in [-0.3, -0.25) is 20.4 Å². The minimum Gasteiger partial charge on any atom is -0.273 e. The van der Waals surface area contributed by atoms with Crippen molar-refractivity contribution < 1.29 is 18.0 Å². The van der Waals surface area contributed by atoms with Gasteiger partial charge in [-0.05, 0) is 25.0 Å². The molecule has 1 heterocycles. The molecule has 0 spiro atoms. The summed E-state index contributed by atoms with van der Waals surface area (Å²) in [6.07, 6.45) is 3.23. The Bertz CT molecular complexity index is 710. The maximum Gasteiger partial charge on any atom is 0.262 e. The van der Waals surface area contributed by atoms with E-state index in [0.29, 0.717) is 6.42 Å².